The maximum Gasteiger partial charge on any atom is 0.284 e. The molecule has 6 nitrogen and oxygen atoms in total. The molecule has 0 fully saturated rings. The van der Waals surface area contributed by atoms with Gasteiger partial charge in [0.25, 0.3) is 5.56 Å². The third-order valence-corrected chi connectivity index (χ3v) is 5.01. The number of thiazole rings is 1. The first-order valence-corrected chi connectivity index (χ1v) is 9.60. The van der Waals surface area contributed by atoms with Crippen LogP contribution >= 0.6 is 11.3 Å². The monoisotopic (exact) mass is 401 g/mol. The molecule has 0 unspecified atom stereocenters. The SMILES string of the molecule is O=C(/C(C=Nc1cnc2sccn2c1=O)=C(\O)c1ccccc1)c1ccccc1. The second-order valence-electron chi connectivity index (χ2n) is 6.09. The van der Waals surface area contributed by atoms with Gasteiger partial charge < -0.3 is 5.11 Å². The molecule has 0 bridgehead atoms. The fraction of sp³-hybridized carbons (Fsp3) is 0. The molecule has 4 rings (SSSR count). The Morgan fingerprint density at radius 1 is 1.03 bits per heavy atom. The zero-order valence-corrected chi connectivity index (χ0v) is 15.9. The quantitative estimate of drug-likeness (QED) is 0.234. The number of hydrogen-bond donors (Lipinski definition) is 1. The fourth-order valence-electron chi connectivity index (χ4n) is 2.76. The number of aliphatic imine (C=N–C) groups is 1. The van der Waals surface area contributed by atoms with E-state index in [2.05, 4.69) is 9.98 Å². The van der Waals surface area contributed by atoms with Crippen LogP contribution in [0.15, 0.2) is 93.8 Å². The number of aromatic nitrogens is 2. The molecule has 0 amide bonds. The van der Waals surface area contributed by atoms with E-state index in [1.807, 2.05) is 6.07 Å². The van der Waals surface area contributed by atoms with E-state index in [4.69, 9.17) is 0 Å². The summed E-state index contributed by atoms with van der Waals surface area (Å²) in [5.74, 6) is -0.617. The fourth-order valence-corrected chi connectivity index (χ4v) is 3.44. The first kappa shape index (κ1) is 18.5. The van der Waals surface area contributed by atoms with Gasteiger partial charge in [0, 0.05) is 28.9 Å². The normalized spacial score (nSPS) is 12.3. The molecule has 2 aromatic heterocycles. The lowest BCUT2D eigenvalue weighted by molar-refractivity contribution is 0.104. The van der Waals surface area contributed by atoms with E-state index < -0.39 is 5.78 Å². The predicted octanol–water partition coefficient (Wildman–Crippen LogP) is 4.31. The molecule has 0 aliphatic heterocycles. The Bertz CT molecular complexity index is 1290. The summed E-state index contributed by atoms with van der Waals surface area (Å²) in [4.78, 5) is 34.5. The minimum absolute atomic E-state index is 0.0165. The molecule has 29 heavy (non-hydrogen) atoms. The molecule has 0 atom stereocenters. The number of carbonyl (C=O) groups is 1. The summed E-state index contributed by atoms with van der Waals surface area (Å²) >= 11 is 1.34. The van der Waals surface area contributed by atoms with Crippen molar-refractivity contribution in [3.05, 3.63) is 105 Å². The minimum atomic E-state index is -0.402. The summed E-state index contributed by atoms with van der Waals surface area (Å²) in [5, 5.41) is 12.5. The van der Waals surface area contributed by atoms with Gasteiger partial charge in [-0.3, -0.25) is 14.0 Å². The molecule has 0 aliphatic carbocycles. The average Bonchev–Trinajstić information content (AvgIpc) is 3.26. The van der Waals surface area contributed by atoms with Crippen LogP contribution < -0.4 is 5.56 Å². The van der Waals surface area contributed by atoms with E-state index in [-0.39, 0.29) is 22.6 Å². The van der Waals surface area contributed by atoms with Crippen molar-refractivity contribution < 1.29 is 9.90 Å². The molecule has 0 aliphatic rings. The van der Waals surface area contributed by atoms with Crippen LogP contribution in [0.25, 0.3) is 10.7 Å². The molecule has 0 spiro atoms. The lowest BCUT2D eigenvalue weighted by atomic mass is 10.0. The number of allylic oxidation sites excluding steroid dienone is 1. The topological polar surface area (TPSA) is 84.0 Å². The van der Waals surface area contributed by atoms with Crippen LogP contribution in [-0.4, -0.2) is 26.5 Å². The molecule has 0 saturated heterocycles. The molecule has 1 N–H and O–H groups in total. The largest absolute Gasteiger partial charge is 0.506 e. The first-order chi connectivity index (χ1) is 14.1. The van der Waals surface area contributed by atoms with E-state index >= 15 is 0 Å². The van der Waals surface area contributed by atoms with Crippen molar-refractivity contribution in [2.45, 2.75) is 0 Å². The Labute approximate surface area is 169 Å². The number of benzene rings is 2. The second-order valence-corrected chi connectivity index (χ2v) is 6.96. The molecular formula is C22H15N3O3S. The van der Waals surface area contributed by atoms with Gasteiger partial charge in [-0.1, -0.05) is 60.7 Å². The van der Waals surface area contributed by atoms with Crippen molar-refractivity contribution in [2.75, 3.05) is 0 Å². The van der Waals surface area contributed by atoms with Crippen LogP contribution in [0.2, 0.25) is 0 Å². The summed E-state index contributed by atoms with van der Waals surface area (Å²) < 4.78 is 1.39. The number of hydrogen-bond acceptors (Lipinski definition) is 6. The number of Topliss-reactive ketones (excluding diaryl/α,β-unsaturated/α-hetero) is 1. The lowest BCUT2D eigenvalue weighted by Gasteiger charge is -2.07. The summed E-state index contributed by atoms with van der Waals surface area (Å²) in [7, 11) is 0. The van der Waals surface area contributed by atoms with Gasteiger partial charge in [0.2, 0.25) is 0 Å². The van der Waals surface area contributed by atoms with Crippen molar-refractivity contribution >= 4 is 39.7 Å². The highest BCUT2D eigenvalue weighted by molar-refractivity contribution is 7.15. The van der Waals surface area contributed by atoms with E-state index in [0.717, 1.165) is 0 Å². The standard InChI is InChI=1S/C22H15N3O3S/c26-19(15-7-3-1-4-8-15)17(20(27)16-9-5-2-6-10-16)13-23-18-14-24-22-25(21(18)28)11-12-29-22/h1-14,26H/b19-17-,23-13?. The maximum absolute atomic E-state index is 13.0. The van der Waals surface area contributed by atoms with E-state index in [1.54, 1.807) is 66.2 Å². The number of rotatable bonds is 5. The number of nitrogens with zero attached hydrogens (tertiary/aromatic N) is 3. The zero-order chi connectivity index (χ0) is 20.2. The van der Waals surface area contributed by atoms with E-state index in [1.165, 1.54) is 28.1 Å². The van der Waals surface area contributed by atoms with Gasteiger partial charge in [-0.15, -0.1) is 11.3 Å². The molecule has 0 radical (unpaired) electrons. The van der Waals surface area contributed by atoms with Gasteiger partial charge in [-0.25, -0.2) is 9.98 Å². The average molecular weight is 401 g/mol. The van der Waals surface area contributed by atoms with Gasteiger partial charge in [0.15, 0.2) is 10.7 Å². The van der Waals surface area contributed by atoms with Crippen molar-refractivity contribution in [2.24, 2.45) is 4.99 Å². The van der Waals surface area contributed by atoms with Crippen LogP contribution in [0.1, 0.15) is 15.9 Å². The van der Waals surface area contributed by atoms with Crippen LogP contribution in [0, 0.1) is 0 Å². The van der Waals surface area contributed by atoms with Gasteiger partial charge >= 0.3 is 0 Å². The highest BCUT2D eigenvalue weighted by Gasteiger charge is 2.17. The lowest BCUT2D eigenvalue weighted by Crippen LogP contribution is -2.12. The van der Waals surface area contributed by atoms with Crippen molar-refractivity contribution in [1.29, 1.82) is 0 Å². The summed E-state index contributed by atoms with van der Waals surface area (Å²) in [5.41, 5.74) is 0.580. The number of aliphatic hydroxyl groups is 1. The zero-order valence-electron chi connectivity index (χ0n) is 15.1. The maximum atomic E-state index is 13.0. The van der Waals surface area contributed by atoms with E-state index in [0.29, 0.717) is 16.1 Å². The molecule has 2 aromatic carbocycles. The van der Waals surface area contributed by atoms with Gasteiger partial charge in [-0.05, 0) is 0 Å². The number of ketones is 1. The van der Waals surface area contributed by atoms with Crippen LogP contribution in [0.5, 0.6) is 0 Å². The Hall–Kier alpha value is -3.84. The van der Waals surface area contributed by atoms with Crippen LogP contribution in [0.4, 0.5) is 5.69 Å². The van der Waals surface area contributed by atoms with Gasteiger partial charge in [-0.2, -0.15) is 0 Å². The van der Waals surface area contributed by atoms with Crippen molar-refractivity contribution in [3.63, 3.8) is 0 Å². The Balaban J connectivity index is 1.82. The molecular weight excluding hydrogens is 386 g/mol. The molecule has 2 heterocycles. The minimum Gasteiger partial charge on any atom is -0.506 e. The third kappa shape index (κ3) is 3.76. The molecule has 0 saturated carbocycles. The van der Waals surface area contributed by atoms with Gasteiger partial charge in [0.1, 0.15) is 11.4 Å². The molecule has 142 valence electrons. The Morgan fingerprint density at radius 2 is 1.69 bits per heavy atom. The number of carbonyl (C=O) groups excluding carboxylic acids is 1. The third-order valence-electron chi connectivity index (χ3n) is 4.24. The van der Waals surface area contributed by atoms with Gasteiger partial charge in [0.05, 0.1) is 11.8 Å². The number of fused-ring (bicyclic) bond motifs is 1. The molecule has 7 heteroatoms. The Morgan fingerprint density at radius 3 is 2.38 bits per heavy atom. The van der Waals surface area contributed by atoms with Crippen LogP contribution in [-0.2, 0) is 0 Å². The van der Waals surface area contributed by atoms with E-state index in [9.17, 15) is 14.7 Å². The predicted molar refractivity (Wildman–Crippen MR) is 114 cm³/mol. The summed E-state index contributed by atoms with van der Waals surface area (Å²) in [6.07, 6.45) is 4.19. The first-order valence-electron chi connectivity index (χ1n) is 8.72. The summed E-state index contributed by atoms with van der Waals surface area (Å²) in [6, 6.07) is 17.3. The second kappa shape index (κ2) is 8.04. The molecule has 4 aromatic rings. The van der Waals surface area contributed by atoms with Crippen LogP contribution in [0.3, 0.4) is 0 Å². The highest BCUT2D eigenvalue weighted by atomic mass is 32.1. The smallest absolute Gasteiger partial charge is 0.284 e. The van der Waals surface area contributed by atoms with Crippen molar-refractivity contribution in [3.8, 4) is 0 Å². The number of aliphatic hydroxyl groups excluding tert-OH is 1. The highest BCUT2D eigenvalue weighted by Crippen LogP contribution is 2.19. The summed E-state index contributed by atoms with van der Waals surface area (Å²) in [6.45, 7) is 0. The van der Waals surface area contributed by atoms with Crippen molar-refractivity contribution in [1.82, 2.24) is 9.38 Å². The Kier molecular flexibility index (Phi) is 5.13.